The third-order valence-corrected chi connectivity index (χ3v) is 5.20. The number of likely N-dealkylation sites (tertiary alicyclic amines) is 1. The number of hydrogen-bond acceptors (Lipinski definition) is 4. The molecule has 1 N–H and O–H groups in total. The maximum atomic E-state index is 13.1. The highest BCUT2D eigenvalue weighted by Crippen LogP contribution is 2.28. The van der Waals surface area contributed by atoms with Gasteiger partial charge in [-0.2, -0.15) is 0 Å². The minimum atomic E-state index is -0.663. The SMILES string of the molecule is Cc1ccc(N2C(=O)N[C@@H]3CCN(C(=O)N4CCOCC4)[C@H]3C2=O)cc1. The summed E-state index contributed by atoms with van der Waals surface area (Å²) in [6.45, 7) is 4.46. The first-order valence-corrected chi connectivity index (χ1v) is 8.90. The normalized spacial score (nSPS) is 26.0. The smallest absolute Gasteiger partial charge is 0.329 e. The van der Waals surface area contributed by atoms with Crippen molar-refractivity contribution in [2.24, 2.45) is 0 Å². The summed E-state index contributed by atoms with van der Waals surface area (Å²) in [7, 11) is 0. The molecule has 3 aliphatic heterocycles. The van der Waals surface area contributed by atoms with Crippen molar-refractivity contribution in [3.8, 4) is 0 Å². The summed E-state index contributed by atoms with van der Waals surface area (Å²) in [5, 5.41) is 2.89. The Morgan fingerprint density at radius 1 is 1.12 bits per heavy atom. The monoisotopic (exact) mass is 358 g/mol. The average molecular weight is 358 g/mol. The number of morpholine rings is 1. The van der Waals surface area contributed by atoms with Gasteiger partial charge in [-0.15, -0.1) is 0 Å². The van der Waals surface area contributed by atoms with Gasteiger partial charge in [0.05, 0.1) is 24.9 Å². The molecule has 0 spiro atoms. The molecule has 3 saturated heterocycles. The molecule has 0 aromatic heterocycles. The zero-order valence-corrected chi connectivity index (χ0v) is 14.7. The number of nitrogens with zero attached hydrogens (tertiary/aromatic N) is 3. The van der Waals surface area contributed by atoms with Crippen LogP contribution in [0.2, 0.25) is 0 Å². The van der Waals surface area contributed by atoms with Gasteiger partial charge in [0.1, 0.15) is 6.04 Å². The molecule has 0 aliphatic carbocycles. The molecule has 8 nitrogen and oxygen atoms in total. The van der Waals surface area contributed by atoms with Crippen LogP contribution < -0.4 is 10.2 Å². The van der Waals surface area contributed by atoms with Gasteiger partial charge in [0.25, 0.3) is 5.91 Å². The Morgan fingerprint density at radius 3 is 2.50 bits per heavy atom. The predicted molar refractivity (Wildman–Crippen MR) is 93.9 cm³/mol. The molecular formula is C18H22N4O4. The van der Waals surface area contributed by atoms with E-state index in [1.54, 1.807) is 21.9 Å². The maximum Gasteiger partial charge on any atom is 0.329 e. The van der Waals surface area contributed by atoms with Crippen molar-refractivity contribution in [2.45, 2.75) is 25.4 Å². The minimum absolute atomic E-state index is 0.158. The van der Waals surface area contributed by atoms with Gasteiger partial charge < -0.3 is 19.9 Å². The first-order chi connectivity index (χ1) is 12.6. The molecule has 1 aromatic rings. The number of fused-ring (bicyclic) bond motifs is 1. The van der Waals surface area contributed by atoms with Gasteiger partial charge >= 0.3 is 12.1 Å². The molecule has 3 heterocycles. The van der Waals surface area contributed by atoms with Crippen LogP contribution in [0.5, 0.6) is 0 Å². The summed E-state index contributed by atoms with van der Waals surface area (Å²) in [6, 6.07) is 5.62. The summed E-state index contributed by atoms with van der Waals surface area (Å²) in [4.78, 5) is 42.9. The lowest BCUT2D eigenvalue weighted by molar-refractivity contribution is -0.122. The Kier molecular flexibility index (Phi) is 4.28. The molecule has 138 valence electrons. The van der Waals surface area contributed by atoms with Crippen molar-refractivity contribution >= 4 is 23.7 Å². The number of benzene rings is 1. The van der Waals surface area contributed by atoms with E-state index < -0.39 is 12.1 Å². The molecular weight excluding hydrogens is 336 g/mol. The molecule has 0 radical (unpaired) electrons. The van der Waals surface area contributed by atoms with Crippen LogP contribution in [0.15, 0.2) is 24.3 Å². The average Bonchev–Trinajstić information content (AvgIpc) is 3.07. The van der Waals surface area contributed by atoms with Crippen molar-refractivity contribution in [1.82, 2.24) is 15.1 Å². The van der Waals surface area contributed by atoms with E-state index in [1.165, 1.54) is 0 Å². The van der Waals surface area contributed by atoms with E-state index >= 15 is 0 Å². The molecule has 5 amide bonds. The molecule has 2 atom stereocenters. The van der Waals surface area contributed by atoms with Crippen molar-refractivity contribution in [1.29, 1.82) is 0 Å². The molecule has 8 heteroatoms. The van der Waals surface area contributed by atoms with E-state index in [1.807, 2.05) is 19.1 Å². The quantitative estimate of drug-likeness (QED) is 0.810. The Labute approximate surface area is 151 Å². The number of aryl methyl sites for hydroxylation is 1. The Hall–Kier alpha value is -2.61. The number of urea groups is 2. The number of carbonyl (C=O) groups is 3. The van der Waals surface area contributed by atoms with E-state index in [0.717, 1.165) is 10.5 Å². The Bertz CT molecular complexity index is 729. The molecule has 0 saturated carbocycles. The van der Waals surface area contributed by atoms with E-state index in [2.05, 4.69) is 5.32 Å². The third-order valence-electron chi connectivity index (χ3n) is 5.20. The summed E-state index contributed by atoms with van der Waals surface area (Å²) < 4.78 is 5.29. The van der Waals surface area contributed by atoms with E-state index in [4.69, 9.17) is 4.74 Å². The highest BCUT2D eigenvalue weighted by atomic mass is 16.5. The van der Waals surface area contributed by atoms with Crippen LogP contribution in [-0.2, 0) is 9.53 Å². The lowest BCUT2D eigenvalue weighted by Crippen LogP contribution is -2.66. The van der Waals surface area contributed by atoms with Crippen molar-refractivity contribution < 1.29 is 19.1 Å². The number of hydrogen-bond donors (Lipinski definition) is 1. The predicted octanol–water partition coefficient (Wildman–Crippen LogP) is 0.946. The summed E-state index contributed by atoms with van der Waals surface area (Å²) >= 11 is 0. The maximum absolute atomic E-state index is 13.1. The summed E-state index contributed by atoms with van der Waals surface area (Å²) in [5.74, 6) is -0.346. The van der Waals surface area contributed by atoms with Gasteiger partial charge in [-0.1, -0.05) is 17.7 Å². The lowest BCUT2D eigenvalue weighted by atomic mass is 10.0. The third kappa shape index (κ3) is 2.80. The number of carbonyl (C=O) groups excluding carboxylic acids is 3. The highest BCUT2D eigenvalue weighted by Gasteiger charge is 2.50. The summed E-state index contributed by atoms with van der Waals surface area (Å²) in [5.41, 5.74) is 1.56. The molecule has 0 bridgehead atoms. The van der Waals surface area contributed by atoms with Gasteiger partial charge in [-0.3, -0.25) is 4.79 Å². The van der Waals surface area contributed by atoms with Crippen LogP contribution in [0.3, 0.4) is 0 Å². The first kappa shape index (κ1) is 16.8. The van der Waals surface area contributed by atoms with Crippen molar-refractivity contribution in [2.75, 3.05) is 37.7 Å². The fourth-order valence-corrected chi connectivity index (χ4v) is 3.79. The molecule has 3 fully saturated rings. The number of rotatable bonds is 1. The standard InChI is InChI=1S/C18H22N4O4/c1-12-2-4-13(5-3-12)22-16(23)15-14(19-17(22)24)6-7-21(15)18(25)20-8-10-26-11-9-20/h2-5,14-15H,6-11H2,1H3,(H,19,24)/t14-,15-/m1/s1. The zero-order chi connectivity index (χ0) is 18.3. The molecule has 4 rings (SSSR count). The minimum Gasteiger partial charge on any atom is -0.378 e. The lowest BCUT2D eigenvalue weighted by Gasteiger charge is -2.39. The number of imide groups is 1. The van der Waals surface area contributed by atoms with Crippen LogP contribution in [0.1, 0.15) is 12.0 Å². The number of anilines is 1. The second kappa shape index (κ2) is 6.60. The Morgan fingerprint density at radius 2 is 1.81 bits per heavy atom. The zero-order valence-electron chi connectivity index (χ0n) is 14.7. The Balaban J connectivity index is 1.58. The van der Waals surface area contributed by atoms with Gasteiger partial charge in [0.15, 0.2) is 0 Å². The number of ether oxygens (including phenoxy) is 1. The van der Waals surface area contributed by atoms with Gasteiger partial charge in [0.2, 0.25) is 0 Å². The van der Waals surface area contributed by atoms with E-state index in [0.29, 0.717) is 45.0 Å². The first-order valence-electron chi connectivity index (χ1n) is 8.90. The van der Waals surface area contributed by atoms with E-state index in [9.17, 15) is 14.4 Å². The van der Waals surface area contributed by atoms with Crippen LogP contribution in [0.25, 0.3) is 0 Å². The fourth-order valence-electron chi connectivity index (χ4n) is 3.79. The molecule has 26 heavy (non-hydrogen) atoms. The van der Waals surface area contributed by atoms with Gasteiger partial charge in [-0.25, -0.2) is 14.5 Å². The number of nitrogens with one attached hydrogen (secondary N) is 1. The number of amides is 5. The van der Waals surface area contributed by atoms with Crippen molar-refractivity contribution in [3.63, 3.8) is 0 Å². The largest absolute Gasteiger partial charge is 0.378 e. The van der Waals surface area contributed by atoms with Crippen LogP contribution in [0, 0.1) is 6.92 Å². The van der Waals surface area contributed by atoms with Gasteiger partial charge in [0, 0.05) is 19.6 Å². The summed E-state index contributed by atoms with van der Waals surface area (Å²) in [6.07, 6.45) is 0.583. The van der Waals surface area contributed by atoms with Crippen molar-refractivity contribution in [3.05, 3.63) is 29.8 Å². The highest BCUT2D eigenvalue weighted by molar-refractivity contribution is 6.19. The second-order valence-corrected chi connectivity index (χ2v) is 6.87. The van der Waals surface area contributed by atoms with Crippen LogP contribution in [0.4, 0.5) is 15.3 Å². The van der Waals surface area contributed by atoms with Crippen LogP contribution in [-0.4, -0.2) is 72.7 Å². The van der Waals surface area contributed by atoms with E-state index in [-0.39, 0.29) is 18.0 Å². The topological polar surface area (TPSA) is 82.2 Å². The van der Waals surface area contributed by atoms with Crippen LogP contribution >= 0.6 is 0 Å². The molecule has 0 unspecified atom stereocenters. The molecule has 1 aromatic carbocycles. The second-order valence-electron chi connectivity index (χ2n) is 6.87. The van der Waals surface area contributed by atoms with Gasteiger partial charge in [-0.05, 0) is 25.5 Å². The molecule has 3 aliphatic rings. The fraction of sp³-hybridized carbons (Fsp3) is 0.500.